The van der Waals surface area contributed by atoms with E-state index in [1.165, 1.54) is 23.9 Å². The Hall–Kier alpha value is -2.47. The minimum atomic E-state index is -3.95. The van der Waals surface area contributed by atoms with Crippen LogP contribution in [0.1, 0.15) is 15.9 Å². The summed E-state index contributed by atoms with van der Waals surface area (Å²) in [7, 11) is -3.95. The van der Waals surface area contributed by atoms with Crippen molar-refractivity contribution < 1.29 is 17.9 Å². The number of ether oxygens (including phenoxy) is 1. The summed E-state index contributed by atoms with van der Waals surface area (Å²) in [5.74, 6) is -0.202. The maximum Gasteiger partial charge on any atom is 0.263 e. The van der Waals surface area contributed by atoms with Crippen LogP contribution in [-0.2, 0) is 14.8 Å². The predicted molar refractivity (Wildman–Crippen MR) is 126 cm³/mol. The third-order valence-electron chi connectivity index (χ3n) is 4.96. The van der Waals surface area contributed by atoms with Gasteiger partial charge < -0.3 is 9.64 Å². The number of carbonyl (C=O) groups is 1. The van der Waals surface area contributed by atoms with Crippen LogP contribution in [0.4, 0.5) is 5.13 Å². The number of sulfonamides is 1. The van der Waals surface area contributed by atoms with Gasteiger partial charge in [-0.2, -0.15) is 0 Å². The summed E-state index contributed by atoms with van der Waals surface area (Å²) in [4.78, 5) is 15.4. The lowest BCUT2D eigenvalue weighted by Gasteiger charge is -2.27. The van der Waals surface area contributed by atoms with Crippen molar-refractivity contribution in [2.75, 3.05) is 37.3 Å². The summed E-state index contributed by atoms with van der Waals surface area (Å²) < 4.78 is 33.8. The lowest BCUT2D eigenvalue weighted by atomic mass is 10.2. The highest BCUT2D eigenvalue weighted by molar-refractivity contribution is 7.98. The first-order chi connectivity index (χ1) is 15.4. The van der Waals surface area contributed by atoms with Crippen molar-refractivity contribution in [1.29, 1.82) is 0 Å². The van der Waals surface area contributed by atoms with Crippen LogP contribution in [0.2, 0.25) is 0 Å². The summed E-state index contributed by atoms with van der Waals surface area (Å²) in [5.41, 5.74) is 2.34. The van der Waals surface area contributed by atoms with Crippen molar-refractivity contribution in [2.24, 2.45) is 0 Å². The molecule has 0 radical (unpaired) electrons. The van der Waals surface area contributed by atoms with Gasteiger partial charge in [0.1, 0.15) is 5.01 Å². The van der Waals surface area contributed by atoms with Crippen LogP contribution >= 0.6 is 23.1 Å². The summed E-state index contributed by atoms with van der Waals surface area (Å²) in [6, 6.07) is 12.3. The Kier molecular flexibility index (Phi) is 6.79. The molecule has 1 saturated heterocycles. The molecule has 0 spiro atoms. The van der Waals surface area contributed by atoms with Gasteiger partial charge in [0.15, 0.2) is 0 Å². The number of rotatable bonds is 6. The molecule has 0 unspecified atom stereocenters. The van der Waals surface area contributed by atoms with Crippen LogP contribution in [0.25, 0.3) is 10.6 Å². The molecule has 3 aromatic rings. The van der Waals surface area contributed by atoms with Gasteiger partial charge in [0.2, 0.25) is 5.13 Å². The minimum absolute atomic E-state index is 0.000930. The van der Waals surface area contributed by atoms with Gasteiger partial charge >= 0.3 is 0 Å². The topological polar surface area (TPSA) is 101 Å². The molecule has 2 heterocycles. The van der Waals surface area contributed by atoms with E-state index >= 15 is 0 Å². The number of thioether (sulfide) groups is 1. The monoisotopic (exact) mass is 490 g/mol. The Morgan fingerprint density at radius 1 is 1.12 bits per heavy atom. The maximum absolute atomic E-state index is 13.0. The van der Waals surface area contributed by atoms with Gasteiger partial charge in [0, 0.05) is 23.5 Å². The Balaban J connectivity index is 1.58. The Labute approximate surface area is 195 Å². The van der Waals surface area contributed by atoms with Crippen LogP contribution in [0.15, 0.2) is 52.3 Å². The molecule has 0 atom stereocenters. The van der Waals surface area contributed by atoms with Gasteiger partial charge in [-0.25, -0.2) is 8.42 Å². The summed E-state index contributed by atoms with van der Waals surface area (Å²) in [6.45, 7) is 3.90. The molecule has 4 rings (SSSR count). The van der Waals surface area contributed by atoms with Crippen molar-refractivity contribution in [1.82, 2.24) is 15.1 Å². The molecule has 1 amide bonds. The number of hydrogen-bond donors (Lipinski definition) is 1. The lowest BCUT2D eigenvalue weighted by molar-refractivity contribution is 0.0300. The highest BCUT2D eigenvalue weighted by Gasteiger charge is 2.25. The maximum atomic E-state index is 13.0. The number of carbonyl (C=O) groups excluding carboxylic acids is 1. The van der Waals surface area contributed by atoms with Gasteiger partial charge in [-0.3, -0.25) is 9.52 Å². The zero-order valence-electron chi connectivity index (χ0n) is 17.6. The fourth-order valence-corrected chi connectivity index (χ4v) is 5.78. The Morgan fingerprint density at radius 2 is 1.84 bits per heavy atom. The molecule has 1 aromatic heterocycles. The molecule has 168 valence electrons. The number of anilines is 1. The van der Waals surface area contributed by atoms with Crippen LogP contribution in [0, 0.1) is 6.92 Å². The molecular weight excluding hydrogens is 468 g/mol. The van der Waals surface area contributed by atoms with E-state index in [1.807, 2.05) is 37.4 Å². The Bertz CT molecular complexity index is 1220. The molecule has 1 fully saturated rings. The van der Waals surface area contributed by atoms with Crippen molar-refractivity contribution in [3.05, 3.63) is 53.6 Å². The third kappa shape index (κ3) is 4.96. The number of nitrogens with one attached hydrogen (secondary N) is 1. The molecule has 0 saturated carbocycles. The zero-order valence-corrected chi connectivity index (χ0v) is 20.0. The average Bonchev–Trinajstić information content (AvgIpc) is 3.27. The summed E-state index contributed by atoms with van der Waals surface area (Å²) in [5, 5.41) is 8.85. The fraction of sp³-hybridized carbons (Fsp3) is 0.286. The van der Waals surface area contributed by atoms with Crippen molar-refractivity contribution in [3.63, 3.8) is 0 Å². The van der Waals surface area contributed by atoms with E-state index < -0.39 is 10.0 Å². The first-order valence-corrected chi connectivity index (χ1v) is 13.4. The second-order valence-electron chi connectivity index (χ2n) is 7.15. The van der Waals surface area contributed by atoms with Crippen LogP contribution < -0.4 is 4.72 Å². The van der Waals surface area contributed by atoms with Crippen LogP contribution in [0.3, 0.4) is 0 Å². The third-order valence-corrected chi connectivity index (χ3v) is 8.10. The average molecular weight is 491 g/mol. The van der Waals surface area contributed by atoms with E-state index in [0.29, 0.717) is 36.9 Å². The van der Waals surface area contributed by atoms with Crippen molar-refractivity contribution >= 4 is 44.2 Å². The van der Waals surface area contributed by atoms with Gasteiger partial charge in [-0.15, -0.1) is 22.0 Å². The standard InChI is InChI=1S/C21H22N4O4S3/c1-14-3-5-15(6-4-14)19-22-23-21(31-19)24-32(27,28)16-7-8-18(30-2)17(13-16)20(26)25-9-11-29-12-10-25/h3-8,13H,9-12H2,1-2H3,(H,23,24). The molecule has 0 bridgehead atoms. The largest absolute Gasteiger partial charge is 0.378 e. The molecule has 1 aliphatic rings. The van der Waals surface area contributed by atoms with E-state index in [2.05, 4.69) is 14.9 Å². The number of morpholine rings is 1. The molecule has 2 aromatic carbocycles. The van der Waals surface area contributed by atoms with E-state index in [4.69, 9.17) is 4.74 Å². The second kappa shape index (κ2) is 9.57. The molecular formula is C21H22N4O4S3. The Morgan fingerprint density at radius 3 is 2.53 bits per heavy atom. The minimum Gasteiger partial charge on any atom is -0.378 e. The van der Waals surface area contributed by atoms with Gasteiger partial charge in [-0.05, 0) is 31.4 Å². The number of aryl methyl sites for hydroxylation is 1. The van der Waals surface area contributed by atoms with Gasteiger partial charge in [0.05, 0.1) is 23.7 Å². The number of nitrogens with zero attached hydrogens (tertiary/aromatic N) is 3. The first kappa shape index (κ1) is 22.7. The van der Waals surface area contributed by atoms with E-state index in [-0.39, 0.29) is 15.9 Å². The highest BCUT2D eigenvalue weighted by Crippen LogP contribution is 2.30. The molecule has 32 heavy (non-hydrogen) atoms. The summed E-state index contributed by atoms with van der Waals surface area (Å²) in [6.07, 6.45) is 1.85. The van der Waals surface area contributed by atoms with E-state index in [9.17, 15) is 13.2 Å². The highest BCUT2D eigenvalue weighted by atomic mass is 32.2. The van der Waals surface area contributed by atoms with Crippen molar-refractivity contribution in [2.45, 2.75) is 16.7 Å². The van der Waals surface area contributed by atoms with Gasteiger partial charge in [0.25, 0.3) is 15.9 Å². The van der Waals surface area contributed by atoms with Crippen LogP contribution in [-0.4, -0.2) is 62.0 Å². The molecule has 1 N–H and O–H groups in total. The number of aromatic nitrogens is 2. The molecule has 0 aliphatic carbocycles. The molecule has 8 nitrogen and oxygen atoms in total. The predicted octanol–water partition coefficient (Wildman–Crippen LogP) is 3.51. The fourth-order valence-electron chi connectivity index (χ4n) is 3.21. The van der Waals surface area contributed by atoms with Crippen molar-refractivity contribution in [3.8, 4) is 10.6 Å². The number of hydrogen-bond acceptors (Lipinski definition) is 8. The van der Waals surface area contributed by atoms with E-state index in [1.54, 1.807) is 11.0 Å². The van der Waals surface area contributed by atoms with Gasteiger partial charge in [-0.1, -0.05) is 41.2 Å². The first-order valence-electron chi connectivity index (χ1n) is 9.86. The lowest BCUT2D eigenvalue weighted by Crippen LogP contribution is -2.40. The summed E-state index contributed by atoms with van der Waals surface area (Å²) >= 11 is 2.55. The molecule has 11 heteroatoms. The number of benzene rings is 2. The quantitative estimate of drug-likeness (QED) is 0.528. The molecule has 1 aliphatic heterocycles. The van der Waals surface area contributed by atoms with Crippen LogP contribution in [0.5, 0.6) is 0 Å². The zero-order chi connectivity index (χ0) is 22.7. The van der Waals surface area contributed by atoms with E-state index in [0.717, 1.165) is 27.4 Å². The smallest absolute Gasteiger partial charge is 0.263 e. The SMILES string of the molecule is CSc1ccc(S(=O)(=O)Nc2nnc(-c3ccc(C)cc3)s2)cc1C(=O)N1CCOCC1. The second-order valence-corrected chi connectivity index (χ2v) is 10.7. The normalized spacial score (nSPS) is 14.4. The number of amides is 1.